The standard InChI is InChI=1S/C17H16O4/c1-2-20-17(19)12-15(18)14-10-6-7-11-16(14)21-13-8-4-3-5-9-13/h3-11H,2,12H2,1H3. The van der Waals surface area contributed by atoms with Crippen molar-refractivity contribution < 1.29 is 19.1 Å². The molecule has 108 valence electrons. The lowest BCUT2D eigenvalue weighted by molar-refractivity contribution is -0.141. The minimum absolute atomic E-state index is 0.258. The highest BCUT2D eigenvalue weighted by Gasteiger charge is 2.17. The lowest BCUT2D eigenvalue weighted by Gasteiger charge is -2.10. The first-order valence-electron chi connectivity index (χ1n) is 6.71. The van der Waals surface area contributed by atoms with Crippen LogP contribution in [0.25, 0.3) is 0 Å². The first-order chi connectivity index (χ1) is 10.2. The quantitative estimate of drug-likeness (QED) is 0.462. The summed E-state index contributed by atoms with van der Waals surface area (Å²) in [6.07, 6.45) is -0.289. The number of hydrogen-bond donors (Lipinski definition) is 0. The Hall–Kier alpha value is -2.62. The molecule has 4 nitrogen and oxygen atoms in total. The van der Waals surface area contributed by atoms with E-state index in [0.29, 0.717) is 17.1 Å². The molecule has 2 aromatic carbocycles. The fraction of sp³-hybridized carbons (Fsp3) is 0.176. The van der Waals surface area contributed by atoms with Gasteiger partial charge in [0.05, 0.1) is 12.2 Å². The summed E-state index contributed by atoms with van der Waals surface area (Å²) < 4.78 is 10.5. The van der Waals surface area contributed by atoms with Gasteiger partial charge in [0.25, 0.3) is 0 Å². The summed E-state index contributed by atoms with van der Waals surface area (Å²) in [5.41, 5.74) is 0.370. The van der Waals surface area contributed by atoms with E-state index in [2.05, 4.69) is 0 Å². The molecule has 0 saturated heterocycles. The first-order valence-corrected chi connectivity index (χ1v) is 6.71. The molecule has 0 saturated carbocycles. The van der Waals surface area contributed by atoms with Gasteiger partial charge < -0.3 is 9.47 Å². The van der Waals surface area contributed by atoms with Crippen molar-refractivity contribution in [3.05, 3.63) is 60.2 Å². The van der Waals surface area contributed by atoms with Gasteiger partial charge in [-0.05, 0) is 31.2 Å². The molecule has 0 aliphatic heterocycles. The third-order valence-corrected chi connectivity index (χ3v) is 2.77. The van der Waals surface area contributed by atoms with Gasteiger partial charge in [-0.3, -0.25) is 9.59 Å². The third-order valence-electron chi connectivity index (χ3n) is 2.77. The Morgan fingerprint density at radius 1 is 0.952 bits per heavy atom. The van der Waals surface area contributed by atoms with E-state index in [1.54, 1.807) is 43.3 Å². The van der Waals surface area contributed by atoms with Gasteiger partial charge in [-0.15, -0.1) is 0 Å². The van der Waals surface area contributed by atoms with Gasteiger partial charge in [0, 0.05) is 0 Å². The number of rotatable bonds is 6. The molecule has 0 atom stereocenters. The molecule has 0 heterocycles. The topological polar surface area (TPSA) is 52.6 Å². The van der Waals surface area contributed by atoms with Crippen LogP contribution in [-0.4, -0.2) is 18.4 Å². The van der Waals surface area contributed by atoms with Gasteiger partial charge in [-0.1, -0.05) is 30.3 Å². The zero-order chi connectivity index (χ0) is 15.1. The van der Waals surface area contributed by atoms with Gasteiger partial charge in [-0.25, -0.2) is 0 Å². The molecule has 0 spiro atoms. The van der Waals surface area contributed by atoms with Crippen molar-refractivity contribution in [1.29, 1.82) is 0 Å². The number of para-hydroxylation sites is 2. The number of esters is 1. The summed E-state index contributed by atoms with van der Waals surface area (Å²) in [5.74, 6) is 0.212. The van der Waals surface area contributed by atoms with E-state index in [4.69, 9.17) is 9.47 Å². The predicted octanol–water partition coefficient (Wildman–Crippen LogP) is 3.61. The number of carbonyl (C=O) groups is 2. The summed E-state index contributed by atoms with van der Waals surface area (Å²) in [7, 11) is 0. The SMILES string of the molecule is CCOC(=O)CC(=O)c1ccccc1Oc1ccccc1. The largest absolute Gasteiger partial charge is 0.466 e. The highest BCUT2D eigenvalue weighted by molar-refractivity contribution is 6.07. The van der Waals surface area contributed by atoms with E-state index in [-0.39, 0.29) is 18.8 Å². The van der Waals surface area contributed by atoms with Crippen molar-refractivity contribution in [2.24, 2.45) is 0 Å². The molecule has 0 aromatic heterocycles. The fourth-order valence-electron chi connectivity index (χ4n) is 1.84. The second-order valence-corrected chi connectivity index (χ2v) is 4.32. The van der Waals surface area contributed by atoms with E-state index in [1.807, 2.05) is 18.2 Å². The zero-order valence-electron chi connectivity index (χ0n) is 11.7. The number of carbonyl (C=O) groups excluding carboxylic acids is 2. The third kappa shape index (κ3) is 4.18. The van der Waals surface area contributed by atoms with Crippen molar-refractivity contribution in [2.75, 3.05) is 6.61 Å². The van der Waals surface area contributed by atoms with Crippen LogP contribution in [0.5, 0.6) is 11.5 Å². The summed E-state index contributed by atoms with van der Waals surface area (Å²) in [5, 5.41) is 0. The van der Waals surface area contributed by atoms with E-state index in [9.17, 15) is 9.59 Å². The molecule has 2 aromatic rings. The Morgan fingerprint density at radius 3 is 2.33 bits per heavy atom. The number of ketones is 1. The van der Waals surface area contributed by atoms with Crippen molar-refractivity contribution in [2.45, 2.75) is 13.3 Å². The van der Waals surface area contributed by atoms with Gasteiger partial charge in [0.15, 0.2) is 5.78 Å². The lowest BCUT2D eigenvalue weighted by Crippen LogP contribution is -2.12. The van der Waals surface area contributed by atoms with Crippen LogP contribution in [0.4, 0.5) is 0 Å². The van der Waals surface area contributed by atoms with Crippen LogP contribution in [0.2, 0.25) is 0 Å². The highest BCUT2D eigenvalue weighted by Crippen LogP contribution is 2.26. The normalized spacial score (nSPS) is 9.95. The fourth-order valence-corrected chi connectivity index (χ4v) is 1.84. The van der Waals surface area contributed by atoms with Gasteiger partial charge >= 0.3 is 5.97 Å². The Labute approximate surface area is 123 Å². The number of Topliss-reactive ketones (excluding diaryl/α,β-unsaturated/α-hetero) is 1. The van der Waals surface area contributed by atoms with Crippen LogP contribution in [0.15, 0.2) is 54.6 Å². The monoisotopic (exact) mass is 284 g/mol. The molecule has 21 heavy (non-hydrogen) atoms. The average Bonchev–Trinajstić information content (AvgIpc) is 2.49. The molecule has 2 rings (SSSR count). The predicted molar refractivity (Wildman–Crippen MR) is 78.5 cm³/mol. The molecule has 4 heteroatoms. The maximum absolute atomic E-state index is 12.2. The average molecular weight is 284 g/mol. The van der Waals surface area contributed by atoms with Gasteiger partial charge in [-0.2, -0.15) is 0 Å². The number of hydrogen-bond acceptors (Lipinski definition) is 4. The molecule has 0 bridgehead atoms. The first kappa shape index (κ1) is 14.8. The summed E-state index contributed by atoms with van der Waals surface area (Å²) >= 11 is 0. The van der Waals surface area contributed by atoms with Crippen molar-refractivity contribution in [3.8, 4) is 11.5 Å². The number of benzene rings is 2. The Balaban J connectivity index is 2.17. The summed E-state index contributed by atoms with van der Waals surface area (Å²) in [6.45, 7) is 1.96. The number of ether oxygens (including phenoxy) is 2. The zero-order valence-corrected chi connectivity index (χ0v) is 11.7. The molecule has 0 aliphatic rings. The van der Waals surface area contributed by atoms with E-state index < -0.39 is 5.97 Å². The van der Waals surface area contributed by atoms with E-state index >= 15 is 0 Å². The molecule has 0 amide bonds. The molecule has 0 unspecified atom stereocenters. The Kier molecular flexibility index (Phi) is 5.10. The van der Waals surface area contributed by atoms with Crippen molar-refractivity contribution in [1.82, 2.24) is 0 Å². The highest BCUT2D eigenvalue weighted by atomic mass is 16.5. The van der Waals surface area contributed by atoms with E-state index in [1.165, 1.54) is 0 Å². The second-order valence-electron chi connectivity index (χ2n) is 4.32. The maximum Gasteiger partial charge on any atom is 0.313 e. The smallest absolute Gasteiger partial charge is 0.313 e. The molecule has 0 fully saturated rings. The molecular formula is C17H16O4. The molecular weight excluding hydrogens is 268 g/mol. The Morgan fingerprint density at radius 2 is 1.62 bits per heavy atom. The molecule has 0 N–H and O–H groups in total. The van der Waals surface area contributed by atoms with Crippen LogP contribution < -0.4 is 4.74 Å². The van der Waals surface area contributed by atoms with Gasteiger partial charge in [0.2, 0.25) is 0 Å². The van der Waals surface area contributed by atoms with Gasteiger partial charge in [0.1, 0.15) is 17.9 Å². The summed E-state index contributed by atoms with van der Waals surface area (Å²) in [4.78, 5) is 23.6. The Bertz CT molecular complexity index is 620. The van der Waals surface area contributed by atoms with E-state index in [0.717, 1.165) is 0 Å². The van der Waals surface area contributed by atoms with Crippen LogP contribution in [-0.2, 0) is 9.53 Å². The second kappa shape index (κ2) is 7.24. The van der Waals surface area contributed by atoms with Crippen LogP contribution >= 0.6 is 0 Å². The minimum atomic E-state index is -0.531. The summed E-state index contributed by atoms with van der Waals surface area (Å²) in [6, 6.07) is 16.0. The maximum atomic E-state index is 12.2. The van der Waals surface area contributed by atoms with Crippen molar-refractivity contribution >= 4 is 11.8 Å². The van der Waals surface area contributed by atoms with Crippen LogP contribution in [0.1, 0.15) is 23.7 Å². The molecule has 0 radical (unpaired) electrons. The van der Waals surface area contributed by atoms with Crippen molar-refractivity contribution in [3.63, 3.8) is 0 Å². The molecule has 0 aliphatic carbocycles. The minimum Gasteiger partial charge on any atom is -0.466 e. The van der Waals surface area contributed by atoms with Crippen LogP contribution in [0, 0.1) is 0 Å². The van der Waals surface area contributed by atoms with Crippen LogP contribution in [0.3, 0.4) is 0 Å². The lowest BCUT2D eigenvalue weighted by atomic mass is 10.1.